The number of nitrogens with zero attached hydrogens (tertiary/aromatic N) is 2. The zero-order valence-corrected chi connectivity index (χ0v) is 13.0. The summed E-state index contributed by atoms with van der Waals surface area (Å²) in [7, 11) is 0. The van der Waals surface area contributed by atoms with E-state index in [-0.39, 0.29) is 17.6 Å². The molecule has 0 spiro atoms. The van der Waals surface area contributed by atoms with E-state index in [4.69, 9.17) is 0 Å². The minimum absolute atomic E-state index is 0.255. The maximum Gasteiger partial charge on any atom is 0.416 e. The van der Waals surface area contributed by atoms with Crippen molar-refractivity contribution in [3.63, 3.8) is 0 Å². The number of hydrogen-bond donors (Lipinski definition) is 1. The Balaban J connectivity index is 1.92. The third kappa shape index (κ3) is 4.68. The maximum atomic E-state index is 12.5. The highest BCUT2D eigenvalue weighted by Gasteiger charge is 2.30. The molecule has 23 heavy (non-hydrogen) atoms. The van der Waals surface area contributed by atoms with Gasteiger partial charge in [-0.15, -0.1) is 0 Å². The second kappa shape index (κ2) is 7.31. The van der Waals surface area contributed by atoms with Crippen molar-refractivity contribution in [3.05, 3.63) is 35.4 Å². The van der Waals surface area contributed by atoms with E-state index in [2.05, 4.69) is 4.90 Å². The molecule has 0 aromatic heterocycles. The Kier molecular flexibility index (Phi) is 5.64. The molecular formula is C16H21F3N2O2. The fourth-order valence-corrected chi connectivity index (χ4v) is 2.55. The van der Waals surface area contributed by atoms with Crippen LogP contribution >= 0.6 is 0 Å². The first-order valence-electron chi connectivity index (χ1n) is 7.68. The SMILES string of the molecule is CCC(O)CN1CCN(C(=O)c2ccc(C(F)(F)F)cc2)CC1. The van der Waals surface area contributed by atoms with Crippen LogP contribution in [0.1, 0.15) is 29.3 Å². The molecule has 1 heterocycles. The average molecular weight is 330 g/mol. The summed E-state index contributed by atoms with van der Waals surface area (Å²) in [4.78, 5) is 16.0. The molecule has 0 radical (unpaired) electrons. The number of piperazine rings is 1. The quantitative estimate of drug-likeness (QED) is 0.921. The van der Waals surface area contributed by atoms with Gasteiger partial charge in [0.15, 0.2) is 0 Å². The standard InChI is InChI=1S/C16H21F3N2O2/c1-2-14(22)11-20-7-9-21(10-8-20)15(23)12-3-5-13(6-4-12)16(17,18)19/h3-6,14,22H,2,7-11H2,1H3. The lowest BCUT2D eigenvalue weighted by Crippen LogP contribution is -2.50. The van der Waals surface area contributed by atoms with E-state index in [1.165, 1.54) is 12.1 Å². The molecular weight excluding hydrogens is 309 g/mol. The number of benzene rings is 1. The lowest BCUT2D eigenvalue weighted by atomic mass is 10.1. The van der Waals surface area contributed by atoms with Gasteiger partial charge in [-0.1, -0.05) is 6.92 Å². The van der Waals surface area contributed by atoms with Gasteiger partial charge in [-0.2, -0.15) is 13.2 Å². The van der Waals surface area contributed by atoms with Crippen molar-refractivity contribution in [2.45, 2.75) is 25.6 Å². The van der Waals surface area contributed by atoms with E-state index in [9.17, 15) is 23.1 Å². The van der Waals surface area contributed by atoms with Gasteiger partial charge in [0.2, 0.25) is 0 Å². The Bertz CT molecular complexity index is 523. The summed E-state index contributed by atoms with van der Waals surface area (Å²) in [5.41, 5.74) is -0.493. The molecule has 1 fully saturated rings. The third-order valence-electron chi connectivity index (χ3n) is 4.06. The van der Waals surface area contributed by atoms with Crippen LogP contribution in [-0.2, 0) is 6.18 Å². The second-order valence-corrected chi connectivity index (χ2v) is 5.73. The molecule has 1 amide bonds. The molecule has 1 atom stereocenters. The average Bonchev–Trinajstić information content (AvgIpc) is 2.54. The number of carbonyl (C=O) groups is 1. The van der Waals surface area contributed by atoms with Crippen LogP contribution in [0.2, 0.25) is 0 Å². The van der Waals surface area contributed by atoms with Crippen LogP contribution < -0.4 is 0 Å². The van der Waals surface area contributed by atoms with Crippen molar-refractivity contribution in [2.24, 2.45) is 0 Å². The summed E-state index contributed by atoms with van der Waals surface area (Å²) in [6.45, 7) is 4.83. The Morgan fingerprint density at radius 1 is 1.17 bits per heavy atom. The number of aliphatic hydroxyl groups is 1. The smallest absolute Gasteiger partial charge is 0.392 e. The minimum atomic E-state index is -4.40. The molecule has 0 saturated carbocycles. The zero-order chi connectivity index (χ0) is 17.0. The highest BCUT2D eigenvalue weighted by Crippen LogP contribution is 2.29. The topological polar surface area (TPSA) is 43.8 Å². The number of β-amino-alcohol motifs (C(OH)–C–C–N with tert-alkyl or cyclic N) is 1. The molecule has 1 aliphatic heterocycles. The molecule has 1 aromatic rings. The number of carbonyl (C=O) groups excluding carboxylic acids is 1. The van der Waals surface area contributed by atoms with Crippen LogP contribution in [0.4, 0.5) is 13.2 Å². The van der Waals surface area contributed by atoms with E-state index in [0.717, 1.165) is 12.1 Å². The summed E-state index contributed by atoms with van der Waals surface area (Å²) in [5.74, 6) is -0.255. The molecule has 0 aliphatic carbocycles. The first kappa shape index (κ1) is 17.7. The highest BCUT2D eigenvalue weighted by atomic mass is 19.4. The van der Waals surface area contributed by atoms with Crippen LogP contribution in [0.15, 0.2) is 24.3 Å². The Morgan fingerprint density at radius 2 is 1.74 bits per heavy atom. The maximum absolute atomic E-state index is 12.5. The van der Waals surface area contributed by atoms with Gasteiger partial charge >= 0.3 is 6.18 Å². The van der Waals surface area contributed by atoms with Crippen LogP contribution in [0.5, 0.6) is 0 Å². The number of halogens is 3. The summed E-state index contributed by atoms with van der Waals surface area (Å²) >= 11 is 0. The van der Waals surface area contributed by atoms with Crippen molar-refractivity contribution < 1.29 is 23.1 Å². The largest absolute Gasteiger partial charge is 0.416 e. The molecule has 1 aromatic carbocycles. The summed E-state index contributed by atoms with van der Waals surface area (Å²) in [5, 5.41) is 9.64. The predicted octanol–water partition coefficient (Wildman–Crippen LogP) is 2.23. The number of hydrogen-bond acceptors (Lipinski definition) is 3. The van der Waals surface area contributed by atoms with E-state index in [1.54, 1.807) is 4.90 Å². The highest BCUT2D eigenvalue weighted by molar-refractivity contribution is 5.94. The zero-order valence-electron chi connectivity index (χ0n) is 13.0. The first-order chi connectivity index (χ1) is 10.8. The molecule has 7 heteroatoms. The van der Waals surface area contributed by atoms with Crippen LogP contribution in [0.3, 0.4) is 0 Å². The van der Waals surface area contributed by atoms with Gasteiger partial charge in [-0.25, -0.2) is 0 Å². The van der Waals surface area contributed by atoms with E-state index < -0.39 is 11.7 Å². The van der Waals surface area contributed by atoms with Gasteiger partial charge in [0.25, 0.3) is 5.91 Å². The molecule has 128 valence electrons. The normalized spacial score (nSPS) is 18.0. The van der Waals surface area contributed by atoms with Gasteiger partial charge in [0.1, 0.15) is 0 Å². The van der Waals surface area contributed by atoms with Crippen molar-refractivity contribution in [1.82, 2.24) is 9.80 Å². The Labute approximate surface area is 133 Å². The molecule has 0 bridgehead atoms. The second-order valence-electron chi connectivity index (χ2n) is 5.73. The van der Waals surface area contributed by atoms with Crippen molar-refractivity contribution in [2.75, 3.05) is 32.7 Å². The van der Waals surface area contributed by atoms with Crippen LogP contribution in [0.25, 0.3) is 0 Å². The van der Waals surface area contributed by atoms with Gasteiger partial charge < -0.3 is 10.0 Å². The molecule has 4 nitrogen and oxygen atoms in total. The molecule has 1 N–H and O–H groups in total. The lowest BCUT2D eigenvalue weighted by Gasteiger charge is -2.35. The summed E-state index contributed by atoms with van der Waals surface area (Å²) < 4.78 is 37.6. The summed E-state index contributed by atoms with van der Waals surface area (Å²) in [6.07, 6.45) is -4.08. The Morgan fingerprint density at radius 3 is 2.22 bits per heavy atom. The van der Waals surface area contributed by atoms with Crippen molar-refractivity contribution in [1.29, 1.82) is 0 Å². The van der Waals surface area contributed by atoms with Crippen LogP contribution in [0, 0.1) is 0 Å². The van der Waals surface area contributed by atoms with Gasteiger partial charge in [-0.3, -0.25) is 9.69 Å². The Hall–Kier alpha value is -1.60. The number of alkyl halides is 3. The van der Waals surface area contributed by atoms with E-state index >= 15 is 0 Å². The number of aliphatic hydroxyl groups excluding tert-OH is 1. The van der Waals surface area contributed by atoms with E-state index in [0.29, 0.717) is 39.1 Å². The number of rotatable bonds is 4. The lowest BCUT2D eigenvalue weighted by molar-refractivity contribution is -0.137. The van der Waals surface area contributed by atoms with Crippen molar-refractivity contribution >= 4 is 5.91 Å². The molecule has 1 unspecified atom stereocenters. The van der Waals surface area contributed by atoms with Gasteiger partial charge in [0, 0.05) is 38.3 Å². The molecule has 2 rings (SSSR count). The predicted molar refractivity (Wildman–Crippen MR) is 80.1 cm³/mol. The molecule has 1 saturated heterocycles. The van der Waals surface area contributed by atoms with Gasteiger partial charge in [-0.05, 0) is 30.7 Å². The summed E-state index contributed by atoms with van der Waals surface area (Å²) in [6, 6.07) is 4.30. The minimum Gasteiger partial charge on any atom is -0.392 e. The third-order valence-corrected chi connectivity index (χ3v) is 4.06. The fraction of sp³-hybridized carbons (Fsp3) is 0.562. The van der Waals surface area contributed by atoms with Crippen LogP contribution in [-0.4, -0.2) is 59.6 Å². The van der Waals surface area contributed by atoms with Crippen molar-refractivity contribution in [3.8, 4) is 0 Å². The fourth-order valence-electron chi connectivity index (χ4n) is 2.55. The monoisotopic (exact) mass is 330 g/mol. The van der Waals surface area contributed by atoms with Gasteiger partial charge in [0.05, 0.1) is 11.7 Å². The van der Waals surface area contributed by atoms with E-state index in [1.807, 2.05) is 6.92 Å². The molecule has 1 aliphatic rings. The first-order valence-corrected chi connectivity index (χ1v) is 7.68. The number of amides is 1.